The third-order valence-corrected chi connectivity index (χ3v) is 6.15. The summed E-state index contributed by atoms with van der Waals surface area (Å²) in [7, 11) is 1.88. The van der Waals surface area contributed by atoms with Gasteiger partial charge in [0.25, 0.3) is 0 Å². The third-order valence-electron chi connectivity index (χ3n) is 6.15. The molecule has 2 heterocycles. The molecule has 0 saturated carbocycles. The van der Waals surface area contributed by atoms with Crippen molar-refractivity contribution in [1.29, 1.82) is 0 Å². The monoisotopic (exact) mass is 385 g/mol. The number of likely N-dealkylation sites (tertiary alicyclic amines) is 1. The van der Waals surface area contributed by atoms with Crippen LogP contribution in [-0.4, -0.2) is 54.3 Å². The van der Waals surface area contributed by atoms with Crippen molar-refractivity contribution in [3.05, 3.63) is 29.8 Å². The van der Waals surface area contributed by atoms with Crippen molar-refractivity contribution >= 4 is 17.5 Å². The molecule has 2 aliphatic heterocycles. The van der Waals surface area contributed by atoms with Crippen LogP contribution in [0.25, 0.3) is 0 Å². The predicted octanol–water partition coefficient (Wildman–Crippen LogP) is 3.53. The molecule has 154 valence electrons. The first-order valence-electron chi connectivity index (χ1n) is 10.7. The van der Waals surface area contributed by atoms with Gasteiger partial charge in [0.15, 0.2) is 0 Å². The molecule has 2 amide bonds. The van der Waals surface area contributed by atoms with Crippen molar-refractivity contribution in [3.63, 3.8) is 0 Å². The first-order valence-corrected chi connectivity index (χ1v) is 10.7. The van der Waals surface area contributed by atoms with Crippen LogP contribution in [-0.2, 0) is 16.1 Å². The number of hydrogen-bond donors (Lipinski definition) is 0. The van der Waals surface area contributed by atoms with Crippen molar-refractivity contribution < 1.29 is 9.59 Å². The fourth-order valence-electron chi connectivity index (χ4n) is 4.52. The van der Waals surface area contributed by atoms with Gasteiger partial charge < -0.3 is 14.7 Å². The van der Waals surface area contributed by atoms with Crippen LogP contribution < -0.4 is 4.90 Å². The fourth-order valence-corrected chi connectivity index (χ4v) is 4.52. The Balaban J connectivity index is 1.61. The molecule has 0 N–H and O–H groups in total. The summed E-state index contributed by atoms with van der Waals surface area (Å²) in [6, 6.07) is 8.58. The Morgan fingerprint density at radius 2 is 1.82 bits per heavy atom. The Morgan fingerprint density at radius 3 is 2.43 bits per heavy atom. The highest BCUT2D eigenvalue weighted by Gasteiger charge is 2.38. The highest BCUT2D eigenvalue weighted by molar-refractivity contribution is 5.84. The van der Waals surface area contributed by atoms with E-state index in [9.17, 15) is 9.59 Å². The molecule has 0 aliphatic carbocycles. The molecular weight excluding hydrogens is 350 g/mol. The van der Waals surface area contributed by atoms with Gasteiger partial charge in [-0.2, -0.15) is 0 Å². The summed E-state index contributed by atoms with van der Waals surface area (Å²) in [6.07, 6.45) is 3.68. The lowest BCUT2D eigenvalue weighted by molar-refractivity contribution is -0.147. The van der Waals surface area contributed by atoms with E-state index in [1.807, 2.05) is 23.8 Å². The van der Waals surface area contributed by atoms with E-state index in [2.05, 4.69) is 43.0 Å². The first-order chi connectivity index (χ1) is 13.4. The quantitative estimate of drug-likeness (QED) is 0.752. The first kappa shape index (κ1) is 20.7. The molecule has 1 aromatic rings. The average Bonchev–Trinajstić information content (AvgIpc) is 3.20. The van der Waals surface area contributed by atoms with Gasteiger partial charge in [0, 0.05) is 51.4 Å². The minimum absolute atomic E-state index is 0.0313. The number of hydrogen-bond acceptors (Lipinski definition) is 3. The molecule has 2 saturated heterocycles. The second-order valence-corrected chi connectivity index (χ2v) is 8.88. The van der Waals surface area contributed by atoms with Crippen LogP contribution in [0, 0.1) is 11.8 Å². The molecule has 0 spiro atoms. The molecule has 0 bridgehead atoms. The zero-order valence-corrected chi connectivity index (χ0v) is 17.9. The highest BCUT2D eigenvalue weighted by Crippen LogP contribution is 2.27. The van der Waals surface area contributed by atoms with E-state index < -0.39 is 0 Å². The molecular formula is C23H35N3O2. The summed E-state index contributed by atoms with van der Waals surface area (Å²) in [6.45, 7) is 9.88. The van der Waals surface area contributed by atoms with E-state index in [1.165, 1.54) is 18.5 Å². The summed E-state index contributed by atoms with van der Waals surface area (Å²) in [5.74, 6) is 0.639. The summed E-state index contributed by atoms with van der Waals surface area (Å²) >= 11 is 0. The number of benzene rings is 1. The van der Waals surface area contributed by atoms with Gasteiger partial charge in [-0.3, -0.25) is 9.59 Å². The van der Waals surface area contributed by atoms with Crippen molar-refractivity contribution in [2.75, 3.05) is 31.6 Å². The molecule has 5 heteroatoms. The molecule has 1 aromatic carbocycles. The van der Waals surface area contributed by atoms with E-state index in [0.717, 1.165) is 25.2 Å². The molecule has 0 radical (unpaired) electrons. The van der Waals surface area contributed by atoms with E-state index in [4.69, 9.17) is 0 Å². The lowest BCUT2D eigenvalue weighted by Gasteiger charge is -2.40. The van der Waals surface area contributed by atoms with Gasteiger partial charge in [0.05, 0.1) is 5.92 Å². The molecule has 5 nitrogen and oxygen atoms in total. The number of rotatable bonds is 6. The predicted molar refractivity (Wildman–Crippen MR) is 113 cm³/mol. The summed E-state index contributed by atoms with van der Waals surface area (Å²) < 4.78 is 0. The van der Waals surface area contributed by atoms with Crippen LogP contribution >= 0.6 is 0 Å². The zero-order valence-electron chi connectivity index (χ0n) is 17.9. The summed E-state index contributed by atoms with van der Waals surface area (Å²) in [5, 5.41) is 0. The lowest BCUT2D eigenvalue weighted by Crippen LogP contribution is -2.52. The van der Waals surface area contributed by atoms with Gasteiger partial charge in [0.2, 0.25) is 11.8 Å². The number of carbonyl (C=O) groups excluding carboxylic acids is 2. The number of anilines is 1. The molecule has 28 heavy (non-hydrogen) atoms. The normalized spacial score (nSPS) is 22.8. The number of nitrogens with zero attached hydrogens (tertiary/aromatic N) is 3. The van der Waals surface area contributed by atoms with Gasteiger partial charge in [-0.25, -0.2) is 0 Å². The van der Waals surface area contributed by atoms with Crippen molar-refractivity contribution in [3.8, 4) is 0 Å². The molecule has 3 rings (SSSR count). The Hall–Kier alpha value is -2.04. The van der Waals surface area contributed by atoms with Gasteiger partial charge >= 0.3 is 0 Å². The minimum Gasteiger partial charge on any atom is -0.372 e. The van der Waals surface area contributed by atoms with Crippen molar-refractivity contribution in [1.82, 2.24) is 9.80 Å². The van der Waals surface area contributed by atoms with Crippen LogP contribution in [0.2, 0.25) is 0 Å². The largest absolute Gasteiger partial charge is 0.372 e. The SMILES string of the molecule is CC(C)CN1C(=O)CC[C@@H](C(=O)N(C)Cc2ccc(N3CCCC3)cc2)[C@H]1C. The van der Waals surface area contributed by atoms with Crippen LogP contribution in [0.5, 0.6) is 0 Å². The smallest absolute Gasteiger partial charge is 0.227 e. The maximum Gasteiger partial charge on any atom is 0.227 e. The van der Waals surface area contributed by atoms with Crippen LogP contribution in [0.1, 0.15) is 52.0 Å². The Labute approximate surface area is 169 Å². The maximum absolute atomic E-state index is 13.1. The Kier molecular flexibility index (Phi) is 6.63. The fraction of sp³-hybridized carbons (Fsp3) is 0.652. The number of carbonyl (C=O) groups is 2. The molecule has 2 atom stereocenters. The molecule has 0 aromatic heterocycles. The third kappa shape index (κ3) is 4.68. The lowest BCUT2D eigenvalue weighted by atomic mass is 9.88. The van der Waals surface area contributed by atoms with E-state index >= 15 is 0 Å². The highest BCUT2D eigenvalue weighted by atomic mass is 16.2. The van der Waals surface area contributed by atoms with Gasteiger partial charge in [-0.15, -0.1) is 0 Å². The molecule has 0 unspecified atom stereocenters. The minimum atomic E-state index is -0.106. The van der Waals surface area contributed by atoms with Crippen LogP contribution in [0.4, 0.5) is 5.69 Å². The molecule has 2 fully saturated rings. The summed E-state index contributed by atoms with van der Waals surface area (Å²) in [4.78, 5) is 31.6. The Bertz CT molecular complexity index is 680. The van der Waals surface area contributed by atoms with Gasteiger partial charge in [0.1, 0.15) is 0 Å². The van der Waals surface area contributed by atoms with Crippen LogP contribution in [0.15, 0.2) is 24.3 Å². The Morgan fingerprint density at radius 1 is 1.18 bits per heavy atom. The topological polar surface area (TPSA) is 43.9 Å². The summed E-state index contributed by atoms with van der Waals surface area (Å²) in [5.41, 5.74) is 2.43. The standard InChI is InChI=1S/C23H35N3O2/c1-17(2)15-26-18(3)21(11-12-22(26)27)23(28)24(4)16-19-7-9-20(10-8-19)25-13-5-6-14-25/h7-10,17-18,21H,5-6,11-16H2,1-4H3/t18-,21-/m1/s1. The second-order valence-electron chi connectivity index (χ2n) is 8.88. The second kappa shape index (κ2) is 8.97. The van der Waals surface area contributed by atoms with E-state index in [0.29, 0.717) is 25.3 Å². The van der Waals surface area contributed by atoms with Gasteiger partial charge in [-0.1, -0.05) is 26.0 Å². The van der Waals surface area contributed by atoms with Crippen molar-refractivity contribution in [2.24, 2.45) is 11.8 Å². The average molecular weight is 386 g/mol. The van der Waals surface area contributed by atoms with Crippen LogP contribution in [0.3, 0.4) is 0 Å². The zero-order chi connectivity index (χ0) is 20.3. The number of amides is 2. The van der Waals surface area contributed by atoms with Gasteiger partial charge in [-0.05, 0) is 49.8 Å². The maximum atomic E-state index is 13.1. The molecule has 2 aliphatic rings. The van der Waals surface area contributed by atoms with E-state index in [-0.39, 0.29) is 23.8 Å². The van der Waals surface area contributed by atoms with E-state index in [1.54, 1.807) is 0 Å². The van der Waals surface area contributed by atoms with Crippen molar-refractivity contribution in [2.45, 2.75) is 59.0 Å². The number of piperidine rings is 1.